The zero-order chi connectivity index (χ0) is 17.2. The van der Waals surface area contributed by atoms with E-state index in [-0.39, 0.29) is 0 Å². The highest BCUT2D eigenvalue weighted by Crippen LogP contribution is 2.29. The third-order valence-electron chi connectivity index (χ3n) is 4.23. The van der Waals surface area contributed by atoms with Gasteiger partial charge >= 0.3 is 0 Å². The van der Waals surface area contributed by atoms with Crippen molar-refractivity contribution >= 4 is 0 Å². The highest BCUT2D eigenvalue weighted by molar-refractivity contribution is 5.67. The van der Waals surface area contributed by atoms with E-state index >= 15 is 0 Å². The van der Waals surface area contributed by atoms with Gasteiger partial charge in [0, 0.05) is 16.8 Å². The Balaban J connectivity index is 1.97. The Hall–Kier alpha value is -3.20. The summed E-state index contributed by atoms with van der Waals surface area (Å²) in [4.78, 5) is 0. The molecule has 0 unspecified atom stereocenters. The van der Waals surface area contributed by atoms with Crippen LogP contribution in [0.4, 0.5) is 0 Å². The first-order valence-electron chi connectivity index (χ1n) is 8.37. The quantitative estimate of drug-likeness (QED) is 0.517. The maximum atomic E-state index is 4.52. The fourth-order valence-electron chi connectivity index (χ4n) is 3.05. The van der Waals surface area contributed by atoms with Crippen molar-refractivity contribution < 1.29 is 0 Å². The topological polar surface area (TPSA) is 30.7 Å². The summed E-state index contributed by atoms with van der Waals surface area (Å²) >= 11 is 0. The van der Waals surface area contributed by atoms with Crippen molar-refractivity contribution in [3.05, 3.63) is 90.0 Å². The first-order valence-corrected chi connectivity index (χ1v) is 8.37. The van der Waals surface area contributed by atoms with Crippen LogP contribution in [-0.4, -0.2) is 14.8 Å². The van der Waals surface area contributed by atoms with Gasteiger partial charge in [-0.3, -0.25) is 4.57 Å². The van der Waals surface area contributed by atoms with Crippen molar-refractivity contribution in [3.63, 3.8) is 0 Å². The maximum Gasteiger partial charge on any atom is 0.168 e. The van der Waals surface area contributed by atoms with Crippen molar-refractivity contribution in [1.29, 1.82) is 0 Å². The number of aryl methyl sites for hydroxylation is 2. The summed E-state index contributed by atoms with van der Waals surface area (Å²) in [5.74, 6) is 1.71. The van der Waals surface area contributed by atoms with Gasteiger partial charge in [0.15, 0.2) is 11.6 Å². The number of hydrogen-bond donors (Lipinski definition) is 0. The van der Waals surface area contributed by atoms with Crippen molar-refractivity contribution in [2.24, 2.45) is 0 Å². The molecule has 1 aromatic heterocycles. The molecule has 0 spiro atoms. The van der Waals surface area contributed by atoms with Gasteiger partial charge in [-0.25, -0.2) is 0 Å². The molecule has 0 saturated heterocycles. The summed E-state index contributed by atoms with van der Waals surface area (Å²) in [5, 5.41) is 9.05. The fourth-order valence-corrected chi connectivity index (χ4v) is 3.05. The van der Waals surface area contributed by atoms with E-state index in [1.807, 2.05) is 18.2 Å². The molecule has 4 rings (SSSR count). The van der Waals surface area contributed by atoms with Gasteiger partial charge in [0.1, 0.15) is 0 Å². The molecule has 122 valence electrons. The number of rotatable bonds is 3. The molecule has 25 heavy (non-hydrogen) atoms. The minimum absolute atomic E-state index is 0.853. The molecule has 0 saturated carbocycles. The summed E-state index contributed by atoms with van der Waals surface area (Å²) in [6.07, 6.45) is 0. The predicted molar refractivity (Wildman–Crippen MR) is 102 cm³/mol. The predicted octanol–water partition coefficient (Wildman–Crippen LogP) is 5.22. The van der Waals surface area contributed by atoms with Crippen LogP contribution in [0.15, 0.2) is 78.9 Å². The Morgan fingerprint density at radius 3 is 1.60 bits per heavy atom. The normalized spacial score (nSPS) is 10.8. The molecular formula is C22H19N3. The van der Waals surface area contributed by atoms with Crippen LogP contribution < -0.4 is 0 Å². The Bertz CT molecular complexity index is 953. The third kappa shape index (κ3) is 2.96. The lowest BCUT2D eigenvalue weighted by molar-refractivity contribution is 1.07. The molecule has 3 nitrogen and oxygen atoms in total. The number of hydrogen-bond acceptors (Lipinski definition) is 2. The highest BCUT2D eigenvalue weighted by atomic mass is 15.3. The Morgan fingerprint density at radius 2 is 1.12 bits per heavy atom. The SMILES string of the molecule is Cc1cccc(-c2nnc(-c3cccc(C)c3)n2-c2ccccc2)c1. The molecule has 0 fully saturated rings. The van der Waals surface area contributed by atoms with Crippen LogP contribution in [0.1, 0.15) is 11.1 Å². The van der Waals surface area contributed by atoms with Gasteiger partial charge in [-0.15, -0.1) is 10.2 Å². The Morgan fingerprint density at radius 1 is 0.600 bits per heavy atom. The smallest absolute Gasteiger partial charge is 0.168 e. The van der Waals surface area contributed by atoms with Crippen LogP contribution in [-0.2, 0) is 0 Å². The fraction of sp³-hybridized carbons (Fsp3) is 0.0909. The van der Waals surface area contributed by atoms with E-state index in [2.05, 4.69) is 89.3 Å². The molecule has 0 amide bonds. The second-order valence-electron chi connectivity index (χ2n) is 6.26. The van der Waals surface area contributed by atoms with Crippen LogP contribution in [0.5, 0.6) is 0 Å². The molecule has 1 heterocycles. The third-order valence-corrected chi connectivity index (χ3v) is 4.23. The lowest BCUT2D eigenvalue weighted by Gasteiger charge is -2.11. The lowest BCUT2D eigenvalue weighted by atomic mass is 10.1. The van der Waals surface area contributed by atoms with Crippen LogP contribution in [0, 0.1) is 13.8 Å². The van der Waals surface area contributed by atoms with E-state index in [1.54, 1.807) is 0 Å². The lowest BCUT2D eigenvalue weighted by Crippen LogP contribution is -2.00. The first-order chi connectivity index (χ1) is 12.2. The van der Waals surface area contributed by atoms with Crippen LogP contribution in [0.25, 0.3) is 28.5 Å². The van der Waals surface area contributed by atoms with Gasteiger partial charge in [-0.05, 0) is 38.1 Å². The molecule has 3 heteroatoms. The Kier molecular flexibility index (Phi) is 3.90. The van der Waals surface area contributed by atoms with Crippen LogP contribution in [0.3, 0.4) is 0 Å². The molecule has 0 radical (unpaired) electrons. The van der Waals surface area contributed by atoms with E-state index in [0.717, 1.165) is 28.5 Å². The van der Waals surface area contributed by atoms with Crippen LogP contribution in [0.2, 0.25) is 0 Å². The van der Waals surface area contributed by atoms with E-state index in [1.165, 1.54) is 11.1 Å². The molecule has 3 aromatic carbocycles. The van der Waals surface area contributed by atoms with E-state index < -0.39 is 0 Å². The van der Waals surface area contributed by atoms with Crippen molar-refractivity contribution in [1.82, 2.24) is 14.8 Å². The van der Waals surface area contributed by atoms with Crippen molar-refractivity contribution in [3.8, 4) is 28.5 Å². The molecule has 0 atom stereocenters. The second-order valence-corrected chi connectivity index (χ2v) is 6.26. The first kappa shape index (κ1) is 15.3. The summed E-state index contributed by atoms with van der Waals surface area (Å²) < 4.78 is 2.13. The molecule has 0 bridgehead atoms. The summed E-state index contributed by atoms with van der Waals surface area (Å²) in [7, 11) is 0. The van der Waals surface area contributed by atoms with Crippen LogP contribution >= 0.6 is 0 Å². The molecule has 0 aliphatic rings. The zero-order valence-electron chi connectivity index (χ0n) is 14.3. The van der Waals surface area contributed by atoms with Crippen molar-refractivity contribution in [2.45, 2.75) is 13.8 Å². The van der Waals surface area contributed by atoms with Gasteiger partial charge in [0.25, 0.3) is 0 Å². The average molecular weight is 325 g/mol. The number of benzene rings is 3. The number of nitrogens with zero attached hydrogens (tertiary/aromatic N) is 3. The maximum absolute atomic E-state index is 4.52. The van der Waals surface area contributed by atoms with Gasteiger partial charge in [-0.2, -0.15) is 0 Å². The minimum atomic E-state index is 0.853. The van der Waals surface area contributed by atoms with Gasteiger partial charge in [0.05, 0.1) is 0 Å². The monoisotopic (exact) mass is 325 g/mol. The zero-order valence-corrected chi connectivity index (χ0v) is 14.3. The summed E-state index contributed by atoms with van der Waals surface area (Å²) in [6.45, 7) is 4.18. The van der Waals surface area contributed by atoms with Gasteiger partial charge < -0.3 is 0 Å². The summed E-state index contributed by atoms with van der Waals surface area (Å²) in [5.41, 5.74) is 5.60. The largest absolute Gasteiger partial charge is 0.275 e. The minimum Gasteiger partial charge on any atom is -0.275 e. The number of aromatic nitrogens is 3. The van der Waals surface area contributed by atoms with E-state index in [9.17, 15) is 0 Å². The molecular weight excluding hydrogens is 306 g/mol. The summed E-state index contributed by atoms with van der Waals surface area (Å²) in [6, 6.07) is 27.0. The molecule has 0 aliphatic carbocycles. The molecule has 0 aliphatic heterocycles. The van der Waals surface area contributed by atoms with Gasteiger partial charge in [0.2, 0.25) is 0 Å². The molecule has 0 N–H and O–H groups in total. The van der Waals surface area contributed by atoms with E-state index in [4.69, 9.17) is 0 Å². The van der Waals surface area contributed by atoms with Crippen molar-refractivity contribution in [2.75, 3.05) is 0 Å². The Labute approximate surface area is 147 Å². The highest BCUT2D eigenvalue weighted by Gasteiger charge is 2.17. The second kappa shape index (κ2) is 6.36. The van der Waals surface area contributed by atoms with Gasteiger partial charge in [-0.1, -0.05) is 65.7 Å². The van der Waals surface area contributed by atoms with E-state index in [0.29, 0.717) is 0 Å². The number of para-hydroxylation sites is 1. The average Bonchev–Trinajstić information content (AvgIpc) is 3.07. The standard InChI is InChI=1S/C22H19N3/c1-16-8-6-10-18(14-16)21-23-24-22(19-11-7-9-17(2)15-19)25(21)20-12-4-3-5-13-20/h3-15H,1-2H3. The molecule has 4 aromatic rings.